The van der Waals surface area contributed by atoms with Gasteiger partial charge in [0.2, 0.25) is 5.91 Å². The number of rotatable bonds is 17. The van der Waals surface area contributed by atoms with Gasteiger partial charge in [-0.3, -0.25) is 9.59 Å². The zero-order valence-corrected chi connectivity index (χ0v) is 24.7. The van der Waals surface area contributed by atoms with Crippen LogP contribution in [0.2, 0.25) is 0 Å². The average Bonchev–Trinajstić information content (AvgIpc) is 3.02. The third-order valence-electron chi connectivity index (χ3n) is 6.67. The Hall–Kier alpha value is -4.07. The molecule has 0 aromatic heterocycles. The number of terminal acetylenes is 1. The highest BCUT2D eigenvalue weighted by atomic mass is 16.7. The number of aliphatic hydroxyl groups is 3. The molecule has 1 heterocycles. The van der Waals surface area contributed by atoms with Crippen molar-refractivity contribution in [2.45, 2.75) is 49.6 Å². The van der Waals surface area contributed by atoms with E-state index in [1.54, 1.807) is 36.4 Å². The normalized spacial score (nSPS) is 22.4. The molecule has 4 unspecified atom stereocenters. The minimum absolute atomic E-state index is 0.0995. The summed E-state index contributed by atoms with van der Waals surface area (Å²) in [5.74, 6) is -2.32. The molecule has 0 radical (unpaired) electrons. The van der Waals surface area contributed by atoms with Crippen LogP contribution in [0.3, 0.4) is 0 Å². The first-order chi connectivity index (χ1) is 21.6. The van der Waals surface area contributed by atoms with Crippen LogP contribution in [0.25, 0.3) is 0 Å². The summed E-state index contributed by atoms with van der Waals surface area (Å²) in [6.07, 6.45) is -1.75. The maximum Gasteiger partial charge on any atom is 0.366 e. The number of carboxylic acids is 1. The fraction of sp³-hybridized carbons (Fsp3) is 0.452. The molecule has 1 saturated heterocycles. The van der Waals surface area contributed by atoms with Gasteiger partial charge in [0, 0.05) is 25.5 Å². The van der Waals surface area contributed by atoms with Crippen molar-refractivity contribution in [2.24, 2.45) is 0 Å². The number of hydrogen-bond donors (Lipinski definition) is 6. The lowest BCUT2D eigenvalue weighted by molar-refractivity contribution is -0.316. The third-order valence-corrected chi connectivity index (χ3v) is 6.67. The molecule has 6 atom stereocenters. The summed E-state index contributed by atoms with van der Waals surface area (Å²) in [5, 5.41) is 47.4. The molecule has 45 heavy (non-hydrogen) atoms. The van der Waals surface area contributed by atoms with Crippen LogP contribution >= 0.6 is 0 Å². The van der Waals surface area contributed by atoms with Crippen LogP contribution in [0.15, 0.2) is 54.6 Å². The maximum absolute atomic E-state index is 12.8. The van der Waals surface area contributed by atoms with E-state index in [1.165, 1.54) is 12.1 Å². The van der Waals surface area contributed by atoms with Crippen LogP contribution in [0, 0.1) is 12.3 Å². The second kappa shape index (κ2) is 17.4. The molecule has 14 heteroatoms. The topological polar surface area (TPSA) is 202 Å². The highest BCUT2D eigenvalue weighted by molar-refractivity contribution is 5.94. The van der Waals surface area contributed by atoms with E-state index in [0.29, 0.717) is 11.5 Å². The van der Waals surface area contributed by atoms with Crippen molar-refractivity contribution >= 4 is 17.8 Å². The molecule has 1 fully saturated rings. The monoisotopic (exact) mass is 630 g/mol. The number of ether oxygens (including phenoxy) is 5. The number of hydrogen-bond acceptors (Lipinski definition) is 11. The predicted octanol–water partition coefficient (Wildman–Crippen LogP) is 0.0489. The van der Waals surface area contributed by atoms with Gasteiger partial charge in [0.25, 0.3) is 11.7 Å². The lowest BCUT2D eigenvalue weighted by atomic mass is 9.88. The van der Waals surface area contributed by atoms with E-state index in [9.17, 15) is 34.8 Å². The molecule has 0 aliphatic carbocycles. The van der Waals surface area contributed by atoms with Crippen molar-refractivity contribution in [3.8, 4) is 23.8 Å². The summed E-state index contributed by atoms with van der Waals surface area (Å²) in [6.45, 7) is 0.628. The number of carbonyl (C=O) groups excluding carboxylic acids is 2. The molecule has 1 aliphatic heterocycles. The Kier molecular flexibility index (Phi) is 13.7. The van der Waals surface area contributed by atoms with E-state index in [4.69, 9.17) is 30.1 Å². The van der Waals surface area contributed by atoms with Crippen LogP contribution in [-0.4, -0.2) is 114 Å². The summed E-state index contributed by atoms with van der Waals surface area (Å²) in [5.41, 5.74) is 0.218. The minimum Gasteiger partial charge on any atom is -0.477 e. The lowest BCUT2D eigenvalue weighted by Crippen LogP contribution is -2.71. The molecule has 6 N–H and O–H groups in total. The number of carboxylic acid groups (broad SMARTS) is 1. The van der Waals surface area contributed by atoms with Gasteiger partial charge in [-0.2, -0.15) is 0 Å². The maximum atomic E-state index is 12.8. The molecule has 3 rings (SSSR count). The van der Waals surface area contributed by atoms with Gasteiger partial charge in [-0.1, -0.05) is 30.2 Å². The first-order valence-electron chi connectivity index (χ1n) is 14.1. The standard InChI is InChI=1S/C31H38N2O12/c1-3-12-41-13-14-42-15-16-43-31(30(39)40)28(33-20(2)34)24(35)18-26(45-31)27(37)25(36)19-32-29(38)21-8-7-11-23(17-21)44-22-9-5-4-6-10-22/h1,4-11,17,24-28,35-37H,12-16,18-19H2,2H3,(H,32,38)(H,33,34)(H,39,40)/t24?,25-,26?,27-,28?,31?/m1/s1. The Balaban J connectivity index is 1.63. The molecule has 0 saturated carbocycles. The number of aliphatic hydroxyl groups excluding tert-OH is 3. The third kappa shape index (κ3) is 10.2. The number of nitrogens with one attached hydrogen (secondary N) is 2. The SMILES string of the molecule is C#CCOCCOCCOC1(C(=O)O)OC([C@H](O)[C@H](O)CNC(=O)c2cccc(Oc3ccccc3)c2)CC(O)C1NC(C)=O. The number of amides is 2. The molecule has 2 amide bonds. The van der Waals surface area contributed by atoms with Gasteiger partial charge in [-0.25, -0.2) is 4.79 Å². The van der Waals surface area contributed by atoms with Gasteiger partial charge in [-0.05, 0) is 30.3 Å². The van der Waals surface area contributed by atoms with E-state index < -0.39 is 60.6 Å². The second-order valence-electron chi connectivity index (χ2n) is 10.0. The summed E-state index contributed by atoms with van der Waals surface area (Å²) >= 11 is 0. The molecule has 2 aromatic carbocycles. The van der Waals surface area contributed by atoms with Crippen LogP contribution in [0.1, 0.15) is 23.7 Å². The van der Waals surface area contributed by atoms with E-state index in [2.05, 4.69) is 16.6 Å². The molecule has 1 aliphatic rings. The van der Waals surface area contributed by atoms with Crippen LogP contribution in [0.4, 0.5) is 0 Å². The summed E-state index contributed by atoms with van der Waals surface area (Å²) in [4.78, 5) is 37.1. The fourth-order valence-corrected chi connectivity index (χ4v) is 4.56. The smallest absolute Gasteiger partial charge is 0.366 e. The van der Waals surface area contributed by atoms with Gasteiger partial charge >= 0.3 is 5.97 Å². The quantitative estimate of drug-likeness (QED) is 0.101. The molecule has 2 aromatic rings. The Morgan fingerprint density at radius 3 is 2.42 bits per heavy atom. The van der Waals surface area contributed by atoms with Gasteiger partial charge in [-0.15, -0.1) is 6.42 Å². The average molecular weight is 631 g/mol. The summed E-state index contributed by atoms with van der Waals surface area (Å²) in [7, 11) is 0. The van der Waals surface area contributed by atoms with Crippen molar-refractivity contribution in [3.63, 3.8) is 0 Å². The molecular weight excluding hydrogens is 592 g/mol. The fourth-order valence-electron chi connectivity index (χ4n) is 4.56. The highest BCUT2D eigenvalue weighted by Crippen LogP contribution is 2.33. The first-order valence-corrected chi connectivity index (χ1v) is 14.1. The van der Waals surface area contributed by atoms with Gasteiger partial charge in [0.05, 0.1) is 44.7 Å². The van der Waals surface area contributed by atoms with E-state index in [-0.39, 0.29) is 45.0 Å². The zero-order chi connectivity index (χ0) is 32.8. The van der Waals surface area contributed by atoms with Crippen molar-refractivity contribution in [1.29, 1.82) is 0 Å². The van der Waals surface area contributed by atoms with E-state index in [1.807, 2.05) is 6.07 Å². The lowest BCUT2D eigenvalue weighted by Gasteiger charge is -2.47. The summed E-state index contributed by atoms with van der Waals surface area (Å²) in [6, 6.07) is 13.7. The first kappa shape index (κ1) is 35.4. The van der Waals surface area contributed by atoms with Crippen LogP contribution < -0.4 is 15.4 Å². The zero-order valence-electron chi connectivity index (χ0n) is 24.7. The Bertz CT molecular complexity index is 1300. The number of para-hydroxylation sites is 1. The molecule has 0 bridgehead atoms. The highest BCUT2D eigenvalue weighted by Gasteiger charge is 2.59. The van der Waals surface area contributed by atoms with Crippen molar-refractivity contribution < 1.29 is 58.5 Å². The number of benzene rings is 2. The van der Waals surface area contributed by atoms with Gasteiger partial charge in [0.15, 0.2) is 0 Å². The van der Waals surface area contributed by atoms with Crippen LogP contribution in [0.5, 0.6) is 11.5 Å². The van der Waals surface area contributed by atoms with Crippen molar-refractivity contribution in [3.05, 3.63) is 60.2 Å². The number of carbonyl (C=O) groups is 3. The minimum atomic E-state index is -2.65. The van der Waals surface area contributed by atoms with E-state index >= 15 is 0 Å². The van der Waals surface area contributed by atoms with Gasteiger partial charge < -0.3 is 54.7 Å². The molecule has 244 valence electrons. The summed E-state index contributed by atoms with van der Waals surface area (Å²) < 4.78 is 27.4. The van der Waals surface area contributed by atoms with E-state index in [0.717, 1.165) is 6.92 Å². The van der Waals surface area contributed by atoms with Crippen LogP contribution in [-0.2, 0) is 28.5 Å². The predicted molar refractivity (Wildman–Crippen MR) is 157 cm³/mol. The Labute approximate surface area is 260 Å². The number of aliphatic carboxylic acids is 1. The molecule has 0 spiro atoms. The second-order valence-corrected chi connectivity index (χ2v) is 10.0. The van der Waals surface area contributed by atoms with Gasteiger partial charge in [0.1, 0.15) is 30.3 Å². The molecular formula is C31H38N2O12. The molecule has 14 nitrogen and oxygen atoms in total. The van der Waals surface area contributed by atoms with Crippen molar-refractivity contribution in [2.75, 3.05) is 39.6 Å². The largest absolute Gasteiger partial charge is 0.477 e. The Morgan fingerprint density at radius 2 is 1.73 bits per heavy atom. The van der Waals surface area contributed by atoms with Crippen molar-refractivity contribution in [1.82, 2.24) is 10.6 Å². The Morgan fingerprint density at radius 1 is 1.04 bits per heavy atom.